The molecule has 3 fully saturated rings. The fourth-order valence-electron chi connectivity index (χ4n) is 5.74. The normalized spacial score (nSPS) is 30.9. The van der Waals surface area contributed by atoms with Gasteiger partial charge in [-0.2, -0.15) is 0 Å². The number of rotatable bonds is 8. The van der Waals surface area contributed by atoms with E-state index >= 15 is 0 Å². The highest BCUT2D eigenvalue weighted by atomic mass is 19.1. The minimum Gasteiger partial charge on any atom is -0.300 e. The fourth-order valence-corrected chi connectivity index (χ4v) is 5.74. The summed E-state index contributed by atoms with van der Waals surface area (Å²) in [4.78, 5) is 2.35. The van der Waals surface area contributed by atoms with E-state index in [1.165, 1.54) is 31.8 Å². The zero-order valence-electron chi connectivity index (χ0n) is 17.9. The van der Waals surface area contributed by atoms with Gasteiger partial charge in [0.25, 0.3) is 0 Å². The van der Waals surface area contributed by atoms with Gasteiger partial charge in [0.1, 0.15) is 11.5 Å². The second-order valence-electron chi connectivity index (χ2n) is 9.54. The Hall–Kier alpha value is -0.960. The maximum atomic E-state index is 14.5. The van der Waals surface area contributed by atoms with Crippen molar-refractivity contribution in [2.75, 3.05) is 19.6 Å². The van der Waals surface area contributed by atoms with Crippen molar-refractivity contribution in [3.05, 3.63) is 36.2 Å². The molecule has 3 rings (SSSR count). The Bertz CT molecular complexity index is 581. The summed E-state index contributed by atoms with van der Waals surface area (Å²) in [6.45, 7) is 10.6. The number of piperidine rings is 1. The lowest BCUT2D eigenvalue weighted by Crippen LogP contribution is -2.47. The summed E-state index contributed by atoms with van der Waals surface area (Å²) in [7, 11) is 0. The van der Waals surface area contributed by atoms with Crippen LogP contribution >= 0.6 is 0 Å². The van der Waals surface area contributed by atoms with E-state index in [1.807, 2.05) is 0 Å². The van der Waals surface area contributed by atoms with Crippen molar-refractivity contribution in [2.24, 2.45) is 23.7 Å². The molecule has 0 aromatic rings. The first kappa shape index (κ1) is 21.7. The highest BCUT2D eigenvalue weighted by Crippen LogP contribution is 2.44. The zero-order chi connectivity index (χ0) is 20.1. The average molecular weight is 392 g/mol. The van der Waals surface area contributed by atoms with Gasteiger partial charge < -0.3 is 4.90 Å². The molecule has 2 saturated carbocycles. The molecule has 3 heteroatoms. The maximum absolute atomic E-state index is 14.5. The average Bonchev–Trinajstić information content (AvgIpc) is 3.14. The van der Waals surface area contributed by atoms with Crippen molar-refractivity contribution in [1.82, 2.24) is 4.90 Å². The number of nitrogens with zero attached hydrogens (tertiary/aromatic N) is 1. The Morgan fingerprint density at radius 3 is 2.43 bits per heavy atom. The summed E-state index contributed by atoms with van der Waals surface area (Å²) in [5.74, 6) is 1.86. The first-order valence-corrected chi connectivity index (χ1v) is 11.6. The molecule has 0 radical (unpaired) electrons. The molecule has 1 aliphatic heterocycles. The standard InChI is InChI=1S/C25H39F2N/c1-4-20-8-6-9-23(20)24(17-19(3)16-22(26)5-2)21-10-14-28(15-11-21)18-25(27)12-7-13-25/h5,16-17,19-21,23H,2,4,6-15,18H2,1,3H3/b22-16+,24-17-. The highest BCUT2D eigenvalue weighted by Gasteiger charge is 2.40. The summed E-state index contributed by atoms with van der Waals surface area (Å²) >= 11 is 0. The highest BCUT2D eigenvalue weighted by molar-refractivity contribution is 5.20. The van der Waals surface area contributed by atoms with Crippen molar-refractivity contribution >= 4 is 0 Å². The van der Waals surface area contributed by atoms with Gasteiger partial charge in [-0.3, -0.25) is 0 Å². The van der Waals surface area contributed by atoms with Crippen molar-refractivity contribution in [1.29, 1.82) is 0 Å². The van der Waals surface area contributed by atoms with E-state index in [2.05, 4.69) is 31.4 Å². The lowest BCUT2D eigenvalue weighted by molar-refractivity contribution is 0.0112. The zero-order valence-corrected chi connectivity index (χ0v) is 17.9. The molecular weight excluding hydrogens is 352 g/mol. The number of hydrogen-bond acceptors (Lipinski definition) is 1. The predicted molar refractivity (Wildman–Crippen MR) is 115 cm³/mol. The van der Waals surface area contributed by atoms with Crippen molar-refractivity contribution in [3.8, 4) is 0 Å². The Balaban J connectivity index is 1.69. The van der Waals surface area contributed by atoms with Crippen LogP contribution in [0, 0.1) is 23.7 Å². The van der Waals surface area contributed by atoms with E-state index in [4.69, 9.17) is 0 Å². The van der Waals surface area contributed by atoms with E-state index in [9.17, 15) is 8.78 Å². The number of hydrogen-bond donors (Lipinski definition) is 0. The SMILES string of the molecule is C=C/C(F)=C\C(C)/C=C(/C1CCN(CC2(F)CCC2)CC1)C1CCCC1CC. The summed E-state index contributed by atoms with van der Waals surface area (Å²) < 4.78 is 28.2. The van der Waals surface area contributed by atoms with Crippen LogP contribution < -0.4 is 0 Å². The lowest BCUT2D eigenvalue weighted by atomic mass is 9.75. The van der Waals surface area contributed by atoms with Crippen LogP contribution in [0.15, 0.2) is 36.2 Å². The van der Waals surface area contributed by atoms with Gasteiger partial charge >= 0.3 is 0 Å². The van der Waals surface area contributed by atoms with E-state index < -0.39 is 5.67 Å². The van der Waals surface area contributed by atoms with Gasteiger partial charge in [-0.05, 0) is 93.9 Å². The van der Waals surface area contributed by atoms with Gasteiger partial charge in [-0.25, -0.2) is 8.78 Å². The monoisotopic (exact) mass is 391 g/mol. The minimum atomic E-state index is -0.911. The van der Waals surface area contributed by atoms with Crippen molar-refractivity contribution in [2.45, 2.75) is 77.3 Å². The quantitative estimate of drug-likeness (QED) is 0.317. The molecule has 0 spiro atoms. The number of halogens is 2. The third-order valence-corrected chi connectivity index (χ3v) is 7.50. The Kier molecular flexibility index (Phi) is 7.53. The van der Waals surface area contributed by atoms with Gasteiger partial charge in [0.05, 0.1) is 0 Å². The van der Waals surface area contributed by atoms with Crippen LogP contribution in [0.25, 0.3) is 0 Å². The molecule has 28 heavy (non-hydrogen) atoms. The number of allylic oxidation sites excluding steroid dienone is 5. The molecule has 3 unspecified atom stereocenters. The van der Waals surface area contributed by atoms with Crippen LogP contribution in [-0.4, -0.2) is 30.2 Å². The van der Waals surface area contributed by atoms with Crippen LogP contribution in [0.5, 0.6) is 0 Å². The number of alkyl halides is 1. The molecular formula is C25H39F2N. The topological polar surface area (TPSA) is 3.24 Å². The molecule has 0 aromatic carbocycles. The summed E-state index contributed by atoms with van der Waals surface area (Å²) in [6, 6.07) is 0. The smallest absolute Gasteiger partial charge is 0.123 e. The van der Waals surface area contributed by atoms with Crippen molar-refractivity contribution < 1.29 is 8.78 Å². The number of likely N-dealkylation sites (tertiary alicyclic amines) is 1. The maximum Gasteiger partial charge on any atom is 0.123 e. The van der Waals surface area contributed by atoms with Gasteiger partial charge in [0.2, 0.25) is 0 Å². The van der Waals surface area contributed by atoms with Crippen LogP contribution in [-0.2, 0) is 0 Å². The molecule has 1 heterocycles. The van der Waals surface area contributed by atoms with Gasteiger partial charge in [0, 0.05) is 6.54 Å². The molecule has 0 bridgehead atoms. The fraction of sp³-hybridized carbons (Fsp3) is 0.760. The molecule has 3 atom stereocenters. The Labute approximate surface area is 171 Å². The van der Waals surface area contributed by atoms with Crippen LogP contribution in [0.3, 0.4) is 0 Å². The van der Waals surface area contributed by atoms with Gasteiger partial charge in [-0.15, -0.1) is 0 Å². The van der Waals surface area contributed by atoms with Crippen LogP contribution in [0.1, 0.15) is 71.6 Å². The molecule has 0 aromatic heterocycles. The largest absolute Gasteiger partial charge is 0.300 e. The predicted octanol–water partition coefficient (Wildman–Crippen LogP) is 7.02. The third-order valence-electron chi connectivity index (χ3n) is 7.50. The molecule has 2 aliphatic carbocycles. The third kappa shape index (κ3) is 5.34. The van der Waals surface area contributed by atoms with Gasteiger partial charge in [-0.1, -0.05) is 44.9 Å². The van der Waals surface area contributed by atoms with Crippen LogP contribution in [0.4, 0.5) is 8.78 Å². The minimum absolute atomic E-state index is 0.0909. The first-order chi connectivity index (χ1) is 13.4. The van der Waals surface area contributed by atoms with E-state index in [0.717, 1.165) is 51.1 Å². The Morgan fingerprint density at radius 1 is 1.14 bits per heavy atom. The first-order valence-electron chi connectivity index (χ1n) is 11.6. The second-order valence-corrected chi connectivity index (χ2v) is 9.54. The Morgan fingerprint density at radius 2 is 1.86 bits per heavy atom. The van der Waals surface area contributed by atoms with E-state index in [0.29, 0.717) is 18.4 Å². The summed E-state index contributed by atoms with van der Waals surface area (Å²) in [5, 5.41) is 0. The van der Waals surface area contributed by atoms with E-state index in [-0.39, 0.29) is 11.7 Å². The van der Waals surface area contributed by atoms with Gasteiger partial charge in [0.15, 0.2) is 0 Å². The second kappa shape index (κ2) is 9.69. The van der Waals surface area contributed by atoms with E-state index in [1.54, 1.807) is 11.6 Å². The summed E-state index contributed by atoms with van der Waals surface area (Å²) in [6.07, 6.45) is 15.3. The molecule has 3 aliphatic rings. The van der Waals surface area contributed by atoms with Crippen LogP contribution in [0.2, 0.25) is 0 Å². The molecule has 1 saturated heterocycles. The summed E-state index contributed by atoms with van der Waals surface area (Å²) in [5.41, 5.74) is 0.661. The lowest BCUT2D eigenvalue weighted by Gasteiger charge is -2.42. The molecule has 158 valence electrons. The molecule has 1 nitrogen and oxygen atoms in total. The van der Waals surface area contributed by atoms with Crippen molar-refractivity contribution in [3.63, 3.8) is 0 Å². The molecule has 0 amide bonds. The molecule has 0 N–H and O–H groups in total.